The van der Waals surface area contributed by atoms with Gasteiger partial charge in [0.1, 0.15) is 24.3 Å². The van der Waals surface area contributed by atoms with E-state index in [0.717, 1.165) is 17.9 Å². The van der Waals surface area contributed by atoms with E-state index in [1.165, 1.54) is 51.5 Å². The zero-order valence-electron chi connectivity index (χ0n) is 20.2. The number of nitrogens with zero attached hydrogens (tertiary/aromatic N) is 2. The Balaban J connectivity index is 1.25. The van der Waals surface area contributed by atoms with Gasteiger partial charge in [0.15, 0.2) is 11.5 Å². The van der Waals surface area contributed by atoms with Gasteiger partial charge in [0.05, 0.1) is 18.1 Å². The molecule has 2 unspecified atom stereocenters. The quantitative estimate of drug-likeness (QED) is 0.513. The number of piperidine rings is 2. The van der Waals surface area contributed by atoms with Crippen molar-refractivity contribution in [3.63, 3.8) is 0 Å². The van der Waals surface area contributed by atoms with Crippen LogP contribution in [-0.4, -0.2) is 49.3 Å². The maximum atomic E-state index is 13.3. The van der Waals surface area contributed by atoms with Gasteiger partial charge in [-0.15, -0.1) is 0 Å². The molecule has 184 valence electrons. The zero-order valence-corrected chi connectivity index (χ0v) is 20.2. The lowest BCUT2D eigenvalue weighted by Crippen LogP contribution is -2.51. The number of rotatable bonds is 5. The average Bonchev–Trinajstić information content (AvgIpc) is 2.90. The van der Waals surface area contributed by atoms with Crippen molar-refractivity contribution < 1.29 is 18.6 Å². The van der Waals surface area contributed by atoms with Crippen LogP contribution in [0.1, 0.15) is 37.7 Å². The number of ether oxygens (including phenoxy) is 3. The van der Waals surface area contributed by atoms with Crippen LogP contribution in [0.25, 0.3) is 11.0 Å². The van der Waals surface area contributed by atoms with Crippen LogP contribution in [0.3, 0.4) is 0 Å². The van der Waals surface area contributed by atoms with Gasteiger partial charge in [0, 0.05) is 19.1 Å². The molecule has 3 aromatic rings. The second-order valence-electron chi connectivity index (χ2n) is 9.89. The summed E-state index contributed by atoms with van der Waals surface area (Å²) in [5.41, 5.74) is 1.31. The minimum Gasteiger partial charge on any atom is -0.493 e. The number of benzene rings is 2. The van der Waals surface area contributed by atoms with Gasteiger partial charge in [-0.2, -0.15) is 0 Å². The van der Waals surface area contributed by atoms with Crippen LogP contribution >= 0.6 is 0 Å². The molecule has 7 nitrogen and oxygen atoms in total. The van der Waals surface area contributed by atoms with Crippen molar-refractivity contribution in [1.82, 2.24) is 9.80 Å². The molecule has 2 fully saturated rings. The number of hydrogen-bond acceptors (Lipinski definition) is 7. The Morgan fingerprint density at radius 1 is 1.00 bits per heavy atom. The van der Waals surface area contributed by atoms with E-state index in [4.69, 9.17) is 18.6 Å². The molecule has 3 aliphatic rings. The van der Waals surface area contributed by atoms with Crippen molar-refractivity contribution in [3.8, 4) is 23.0 Å². The summed E-state index contributed by atoms with van der Waals surface area (Å²) in [6.45, 7) is 4.79. The zero-order chi connectivity index (χ0) is 23.8. The molecule has 0 saturated carbocycles. The lowest BCUT2D eigenvalue weighted by molar-refractivity contribution is 0.0146. The summed E-state index contributed by atoms with van der Waals surface area (Å²) in [6, 6.07) is 11.6. The van der Waals surface area contributed by atoms with E-state index < -0.39 is 0 Å². The summed E-state index contributed by atoms with van der Waals surface area (Å²) >= 11 is 0. The van der Waals surface area contributed by atoms with E-state index >= 15 is 0 Å². The van der Waals surface area contributed by atoms with Crippen LogP contribution in [0, 0.1) is 5.92 Å². The standard InChI is InChI=1S/C28H32N2O5/c1-32-24-9-2-3-10-25(24)35-26-17-33-28-20(27(26)31)11-12-23-21(28)16-29(18-34-23)15-19-7-6-14-30-13-5-4-8-22(19)30/h2-3,9-12,17,19,22H,4-8,13-16,18H2,1H3. The van der Waals surface area contributed by atoms with Crippen molar-refractivity contribution in [1.29, 1.82) is 0 Å². The van der Waals surface area contributed by atoms with E-state index in [2.05, 4.69) is 9.80 Å². The van der Waals surface area contributed by atoms with Gasteiger partial charge in [-0.05, 0) is 69.0 Å². The summed E-state index contributed by atoms with van der Waals surface area (Å²) in [5, 5.41) is 0.498. The fourth-order valence-corrected chi connectivity index (χ4v) is 6.07. The SMILES string of the molecule is COc1ccccc1Oc1coc2c3c(ccc2c1=O)OCN(CC1CCCN2CCCCC12)C3. The molecule has 2 atom stereocenters. The molecule has 0 amide bonds. The van der Waals surface area contributed by atoms with E-state index in [0.29, 0.717) is 47.7 Å². The molecule has 0 aliphatic carbocycles. The maximum absolute atomic E-state index is 13.3. The number of fused-ring (bicyclic) bond motifs is 4. The fraction of sp³-hybridized carbons (Fsp3) is 0.464. The molecular weight excluding hydrogens is 444 g/mol. The summed E-state index contributed by atoms with van der Waals surface area (Å²) in [4.78, 5) is 18.4. The van der Waals surface area contributed by atoms with Crippen molar-refractivity contribution in [2.24, 2.45) is 5.92 Å². The minimum absolute atomic E-state index is 0.134. The molecule has 7 heteroatoms. The highest BCUT2D eigenvalue weighted by Gasteiger charge is 2.35. The van der Waals surface area contributed by atoms with Gasteiger partial charge >= 0.3 is 0 Å². The van der Waals surface area contributed by atoms with Gasteiger partial charge in [-0.1, -0.05) is 18.6 Å². The third kappa shape index (κ3) is 4.28. The predicted octanol–water partition coefficient (Wildman–Crippen LogP) is 5.01. The van der Waals surface area contributed by atoms with Crippen molar-refractivity contribution >= 4 is 11.0 Å². The predicted molar refractivity (Wildman–Crippen MR) is 133 cm³/mol. The minimum atomic E-state index is -0.206. The molecule has 1 aromatic heterocycles. The normalized spacial score (nSPS) is 22.8. The van der Waals surface area contributed by atoms with Gasteiger partial charge in [0.2, 0.25) is 11.2 Å². The monoisotopic (exact) mass is 476 g/mol. The first kappa shape index (κ1) is 22.4. The maximum Gasteiger partial charge on any atom is 0.235 e. The summed E-state index contributed by atoms with van der Waals surface area (Å²) < 4.78 is 23.4. The first-order chi connectivity index (χ1) is 17.2. The van der Waals surface area contributed by atoms with Crippen LogP contribution in [0.2, 0.25) is 0 Å². The van der Waals surface area contributed by atoms with Crippen molar-refractivity contribution in [3.05, 3.63) is 58.4 Å². The first-order valence-electron chi connectivity index (χ1n) is 12.7. The third-order valence-corrected chi connectivity index (χ3v) is 7.76. The molecule has 0 N–H and O–H groups in total. The van der Waals surface area contributed by atoms with Gasteiger partial charge < -0.3 is 23.5 Å². The third-order valence-electron chi connectivity index (χ3n) is 7.76. The van der Waals surface area contributed by atoms with Crippen molar-refractivity contribution in [2.75, 3.05) is 33.5 Å². The highest BCUT2D eigenvalue weighted by molar-refractivity contribution is 5.83. The van der Waals surface area contributed by atoms with Crippen LogP contribution in [0.4, 0.5) is 0 Å². The molecule has 3 aliphatic heterocycles. The van der Waals surface area contributed by atoms with E-state index in [1.807, 2.05) is 18.2 Å². The van der Waals surface area contributed by atoms with E-state index in [1.54, 1.807) is 25.3 Å². The molecule has 0 radical (unpaired) electrons. The Morgan fingerprint density at radius 3 is 2.74 bits per heavy atom. The Morgan fingerprint density at radius 2 is 1.86 bits per heavy atom. The molecule has 35 heavy (non-hydrogen) atoms. The fourth-order valence-electron chi connectivity index (χ4n) is 6.07. The Hall–Kier alpha value is -3.03. The summed E-state index contributed by atoms with van der Waals surface area (Å²) in [7, 11) is 1.57. The van der Waals surface area contributed by atoms with Crippen LogP contribution in [0.15, 0.2) is 51.9 Å². The smallest absolute Gasteiger partial charge is 0.235 e. The molecule has 0 bridgehead atoms. The second kappa shape index (κ2) is 9.55. The first-order valence-corrected chi connectivity index (χ1v) is 12.7. The Labute approximate surface area is 205 Å². The topological polar surface area (TPSA) is 64.4 Å². The summed E-state index contributed by atoms with van der Waals surface area (Å²) in [5.74, 6) is 2.62. The lowest BCUT2D eigenvalue weighted by Gasteiger charge is -2.46. The number of para-hydroxylation sites is 2. The van der Waals surface area contributed by atoms with Gasteiger partial charge in [0.25, 0.3) is 0 Å². The molecule has 2 saturated heterocycles. The molecule has 6 rings (SSSR count). The molecule has 2 aromatic carbocycles. The van der Waals surface area contributed by atoms with E-state index in [-0.39, 0.29) is 11.2 Å². The van der Waals surface area contributed by atoms with Crippen LogP contribution < -0.4 is 19.6 Å². The molecule has 0 spiro atoms. The molecular formula is C28H32N2O5. The van der Waals surface area contributed by atoms with Crippen LogP contribution in [0.5, 0.6) is 23.0 Å². The molecule has 4 heterocycles. The van der Waals surface area contributed by atoms with Gasteiger partial charge in [-0.3, -0.25) is 9.69 Å². The second-order valence-corrected chi connectivity index (χ2v) is 9.89. The highest BCUT2D eigenvalue weighted by atomic mass is 16.5. The number of methoxy groups -OCH3 is 1. The summed E-state index contributed by atoms with van der Waals surface area (Å²) in [6.07, 6.45) is 7.93. The lowest BCUT2D eigenvalue weighted by atomic mass is 9.83. The van der Waals surface area contributed by atoms with Gasteiger partial charge in [-0.25, -0.2) is 0 Å². The largest absolute Gasteiger partial charge is 0.493 e. The average molecular weight is 477 g/mol. The van der Waals surface area contributed by atoms with Crippen LogP contribution in [-0.2, 0) is 6.54 Å². The highest BCUT2D eigenvalue weighted by Crippen LogP contribution is 2.36. The van der Waals surface area contributed by atoms with E-state index in [9.17, 15) is 4.79 Å². The Kier molecular flexibility index (Phi) is 6.12. The number of hydrogen-bond donors (Lipinski definition) is 0. The Bertz CT molecular complexity index is 1270. The van der Waals surface area contributed by atoms with Crippen molar-refractivity contribution in [2.45, 2.75) is 44.7 Å².